The zero-order valence-electron chi connectivity index (χ0n) is 8.67. The first kappa shape index (κ1) is 10.8. The number of benzene rings is 1. The molecule has 16 heavy (non-hydrogen) atoms. The lowest BCUT2D eigenvalue weighted by Crippen LogP contribution is -2.09. The fraction of sp³-hybridized carbons (Fsp3) is 0.167. The van der Waals surface area contributed by atoms with Crippen molar-refractivity contribution in [1.29, 1.82) is 0 Å². The summed E-state index contributed by atoms with van der Waals surface area (Å²) < 4.78 is 39.4. The van der Waals surface area contributed by atoms with Gasteiger partial charge in [-0.3, -0.25) is 0 Å². The Bertz CT molecular complexity index is 549. The van der Waals surface area contributed by atoms with E-state index in [1.165, 1.54) is 6.20 Å². The number of hydrogen-bond acceptors (Lipinski definition) is 0. The van der Waals surface area contributed by atoms with Crippen LogP contribution in [0.2, 0.25) is 0 Å². The van der Waals surface area contributed by atoms with Crippen LogP contribution in [-0.4, -0.2) is 10.7 Å². The second-order valence-corrected chi connectivity index (χ2v) is 3.65. The van der Waals surface area contributed by atoms with Crippen LogP contribution in [0.1, 0.15) is 5.56 Å². The van der Waals surface area contributed by atoms with Gasteiger partial charge >= 0.3 is 6.18 Å². The molecule has 0 atom stereocenters. The largest absolute Gasteiger partial charge is 0.416 e. The minimum absolute atomic E-state index is 0.144. The Morgan fingerprint density at radius 2 is 1.88 bits per heavy atom. The number of aromatic nitrogens is 1. The third-order valence-electron chi connectivity index (χ3n) is 2.56. The van der Waals surface area contributed by atoms with Crippen molar-refractivity contribution in [1.82, 2.24) is 4.57 Å². The van der Waals surface area contributed by atoms with Gasteiger partial charge in [0.15, 0.2) is 0 Å². The van der Waals surface area contributed by atoms with Crippen molar-refractivity contribution in [2.45, 2.75) is 6.18 Å². The van der Waals surface area contributed by atoms with Gasteiger partial charge in [0.2, 0.25) is 0 Å². The molecule has 0 fully saturated rings. The molecule has 0 unspecified atom stereocenters. The molecule has 0 saturated heterocycles. The van der Waals surface area contributed by atoms with Gasteiger partial charge < -0.3 is 4.57 Å². The fourth-order valence-corrected chi connectivity index (χ4v) is 1.73. The van der Waals surface area contributed by atoms with E-state index in [1.54, 1.807) is 35.9 Å². The quantitative estimate of drug-likeness (QED) is 0.696. The highest BCUT2D eigenvalue weighted by molar-refractivity contribution is 5.93. The summed E-state index contributed by atoms with van der Waals surface area (Å²) in [4.78, 5) is 0. The molecule has 0 aliphatic carbocycles. The minimum atomic E-state index is -4.38. The summed E-state index contributed by atoms with van der Waals surface area (Å²) in [5.74, 6) is 0. The van der Waals surface area contributed by atoms with Crippen molar-refractivity contribution in [3.05, 3.63) is 42.6 Å². The number of rotatable bonds is 1. The van der Waals surface area contributed by atoms with E-state index in [0.717, 1.165) is 5.52 Å². The van der Waals surface area contributed by atoms with Crippen LogP contribution < -0.4 is 0 Å². The molecule has 1 nitrogen and oxygen atoms in total. The molecular weight excluding hydrogens is 215 g/mol. The van der Waals surface area contributed by atoms with Crippen molar-refractivity contribution in [2.75, 3.05) is 0 Å². The van der Waals surface area contributed by atoms with Crippen LogP contribution in [0.4, 0.5) is 13.2 Å². The van der Waals surface area contributed by atoms with Gasteiger partial charge in [0, 0.05) is 29.7 Å². The lowest BCUT2D eigenvalue weighted by molar-refractivity contribution is -0.0685. The van der Waals surface area contributed by atoms with Gasteiger partial charge in [-0.1, -0.05) is 24.8 Å². The average Bonchev–Trinajstić information content (AvgIpc) is 2.55. The van der Waals surface area contributed by atoms with Crippen molar-refractivity contribution < 1.29 is 13.2 Å². The summed E-state index contributed by atoms with van der Waals surface area (Å²) in [5, 5.41) is 0.576. The summed E-state index contributed by atoms with van der Waals surface area (Å²) in [6.07, 6.45) is -2.93. The number of hydrogen-bond donors (Lipinski definition) is 0. The van der Waals surface area contributed by atoms with Gasteiger partial charge in [0.05, 0.1) is 5.57 Å². The molecule has 0 aliphatic rings. The van der Waals surface area contributed by atoms with Gasteiger partial charge in [-0.2, -0.15) is 13.2 Å². The van der Waals surface area contributed by atoms with E-state index in [1.807, 2.05) is 0 Å². The molecule has 0 aliphatic heterocycles. The maximum atomic E-state index is 12.6. The number of nitrogens with zero attached hydrogens (tertiary/aromatic N) is 1. The van der Waals surface area contributed by atoms with Crippen LogP contribution in [0, 0.1) is 0 Å². The van der Waals surface area contributed by atoms with Gasteiger partial charge in [0.25, 0.3) is 0 Å². The Balaban J connectivity index is 2.67. The molecule has 0 amide bonds. The molecule has 1 aromatic heterocycles. The van der Waals surface area contributed by atoms with Crippen LogP contribution >= 0.6 is 0 Å². The summed E-state index contributed by atoms with van der Waals surface area (Å²) in [6.45, 7) is 3.12. The van der Waals surface area contributed by atoms with Crippen LogP contribution in [0.25, 0.3) is 16.5 Å². The maximum Gasteiger partial charge on any atom is 0.416 e. The molecule has 2 rings (SSSR count). The molecule has 84 valence electrons. The highest BCUT2D eigenvalue weighted by Crippen LogP contribution is 2.36. The first-order valence-corrected chi connectivity index (χ1v) is 4.72. The smallest absolute Gasteiger partial charge is 0.350 e. The lowest BCUT2D eigenvalue weighted by Gasteiger charge is -2.08. The van der Waals surface area contributed by atoms with E-state index in [4.69, 9.17) is 0 Å². The molecule has 0 saturated carbocycles. The monoisotopic (exact) mass is 225 g/mol. The van der Waals surface area contributed by atoms with E-state index in [0.29, 0.717) is 5.39 Å². The summed E-state index contributed by atoms with van der Waals surface area (Å²) >= 11 is 0. The van der Waals surface area contributed by atoms with Crippen LogP contribution in [0.5, 0.6) is 0 Å². The van der Waals surface area contributed by atoms with Crippen molar-refractivity contribution in [3.63, 3.8) is 0 Å². The third-order valence-corrected chi connectivity index (χ3v) is 2.56. The molecule has 0 radical (unpaired) electrons. The average molecular weight is 225 g/mol. The minimum Gasteiger partial charge on any atom is -0.350 e. The maximum absolute atomic E-state index is 12.6. The standard InChI is InChI=1S/C12H10F3N/c1-8(12(13,14)15)10-7-16(2)11-6-4-3-5-9(10)11/h3-7H,1H2,2H3. The first-order valence-electron chi connectivity index (χ1n) is 4.72. The second-order valence-electron chi connectivity index (χ2n) is 3.65. The number of alkyl halides is 3. The Hall–Kier alpha value is -1.71. The van der Waals surface area contributed by atoms with Crippen molar-refractivity contribution >= 4 is 16.5 Å². The number of fused-ring (bicyclic) bond motifs is 1. The predicted octanol–water partition coefficient (Wildman–Crippen LogP) is 3.75. The number of para-hydroxylation sites is 1. The van der Waals surface area contributed by atoms with E-state index in [2.05, 4.69) is 6.58 Å². The van der Waals surface area contributed by atoms with Gasteiger partial charge in [0.1, 0.15) is 0 Å². The van der Waals surface area contributed by atoms with Crippen LogP contribution in [0.3, 0.4) is 0 Å². The Morgan fingerprint density at radius 1 is 1.25 bits per heavy atom. The number of allylic oxidation sites excluding steroid dienone is 1. The highest BCUT2D eigenvalue weighted by Gasteiger charge is 2.34. The van der Waals surface area contributed by atoms with E-state index in [-0.39, 0.29) is 5.56 Å². The molecular formula is C12H10F3N. The molecule has 2 aromatic rings. The zero-order chi connectivity index (χ0) is 11.9. The zero-order valence-corrected chi connectivity index (χ0v) is 8.67. The van der Waals surface area contributed by atoms with Crippen molar-refractivity contribution in [2.24, 2.45) is 7.05 Å². The van der Waals surface area contributed by atoms with Gasteiger partial charge in [-0.15, -0.1) is 0 Å². The SMILES string of the molecule is C=C(c1cn(C)c2ccccc12)C(F)(F)F. The second kappa shape index (κ2) is 3.40. The summed E-state index contributed by atoms with van der Waals surface area (Å²) in [5.41, 5.74) is 0.109. The Labute approximate surface area is 90.8 Å². The number of aryl methyl sites for hydroxylation is 1. The van der Waals surface area contributed by atoms with Gasteiger partial charge in [-0.05, 0) is 6.07 Å². The van der Waals surface area contributed by atoms with Gasteiger partial charge in [-0.25, -0.2) is 0 Å². The number of halogens is 3. The third kappa shape index (κ3) is 1.60. The molecule has 0 N–H and O–H groups in total. The van der Waals surface area contributed by atoms with E-state index < -0.39 is 11.7 Å². The molecule has 1 heterocycles. The van der Waals surface area contributed by atoms with E-state index in [9.17, 15) is 13.2 Å². The Kier molecular flexibility index (Phi) is 2.30. The molecule has 4 heteroatoms. The molecule has 0 bridgehead atoms. The predicted molar refractivity (Wildman–Crippen MR) is 58.0 cm³/mol. The lowest BCUT2D eigenvalue weighted by atomic mass is 10.1. The Morgan fingerprint density at radius 3 is 2.50 bits per heavy atom. The summed E-state index contributed by atoms with van der Waals surface area (Å²) in [7, 11) is 1.72. The summed E-state index contributed by atoms with van der Waals surface area (Å²) in [6, 6.07) is 6.96. The van der Waals surface area contributed by atoms with Crippen molar-refractivity contribution in [3.8, 4) is 0 Å². The fourth-order valence-electron chi connectivity index (χ4n) is 1.73. The van der Waals surface area contributed by atoms with Crippen LogP contribution in [-0.2, 0) is 7.05 Å². The highest BCUT2D eigenvalue weighted by atomic mass is 19.4. The normalized spacial score (nSPS) is 12.0. The topological polar surface area (TPSA) is 4.93 Å². The molecule has 0 spiro atoms. The first-order chi connectivity index (χ1) is 7.41. The van der Waals surface area contributed by atoms with E-state index >= 15 is 0 Å². The molecule has 1 aromatic carbocycles. The van der Waals surface area contributed by atoms with Crippen LogP contribution in [0.15, 0.2) is 37.0 Å².